The molecule has 0 bridgehead atoms. The fourth-order valence-electron chi connectivity index (χ4n) is 3.05. The van der Waals surface area contributed by atoms with Gasteiger partial charge in [-0.25, -0.2) is 4.79 Å². The van der Waals surface area contributed by atoms with Crippen molar-refractivity contribution >= 4 is 11.8 Å². The van der Waals surface area contributed by atoms with Crippen LogP contribution in [0.1, 0.15) is 39.0 Å². The Balaban J connectivity index is 1.88. The van der Waals surface area contributed by atoms with Crippen LogP contribution in [0, 0.1) is 0 Å². The molecular formula is C20H32N2O4. The summed E-state index contributed by atoms with van der Waals surface area (Å²) in [5.74, 6) is 0.664. The van der Waals surface area contributed by atoms with Crippen LogP contribution in [-0.4, -0.2) is 57.1 Å². The molecule has 1 amide bonds. The minimum absolute atomic E-state index is 0.286. The summed E-state index contributed by atoms with van der Waals surface area (Å²) in [6.07, 6.45) is 4.96. The van der Waals surface area contributed by atoms with Gasteiger partial charge in [-0.3, -0.25) is 10.2 Å². The third kappa shape index (κ3) is 7.22. The number of rotatable bonds is 10. The number of unbranched alkanes of at least 4 members (excludes halogenated alkanes) is 1. The highest BCUT2D eigenvalue weighted by Gasteiger charge is 2.20. The van der Waals surface area contributed by atoms with Crippen molar-refractivity contribution in [3.8, 4) is 5.75 Å². The lowest BCUT2D eigenvalue weighted by Crippen LogP contribution is -2.40. The molecule has 1 aromatic carbocycles. The molecule has 26 heavy (non-hydrogen) atoms. The summed E-state index contributed by atoms with van der Waals surface area (Å²) in [7, 11) is 1.63. The summed E-state index contributed by atoms with van der Waals surface area (Å²) in [5.41, 5.74) is 0.628. The zero-order chi connectivity index (χ0) is 18.6. The average molecular weight is 364 g/mol. The number of carbonyl (C=O) groups excluding carboxylic acids is 1. The van der Waals surface area contributed by atoms with E-state index in [4.69, 9.17) is 14.2 Å². The number of ether oxygens (including phenoxy) is 3. The third-order valence-corrected chi connectivity index (χ3v) is 4.42. The maximum atomic E-state index is 12.4. The third-order valence-electron chi connectivity index (χ3n) is 4.42. The molecule has 0 radical (unpaired) electrons. The van der Waals surface area contributed by atoms with Gasteiger partial charge in [-0.1, -0.05) is 31.9 Å². The van der Waals surface area contributed by atoms with Gasteiger partial charge in [-0.2, -0.15) is 0 Å². The second-order valence-corrected chi connectivity index (χ2v) is 6.67. The molecule has 1 aliphatic rings. The molecule has 0 spiro atoms. The van der Waals surface area contributed by atoms with E-state index in [9.17, 15) is 4.79 Å². The number of anilines is 1. The van der Waals surface area contributed by atoms with E-state index in [0.29, 0.717) is 31.2 Å². The monoisotopic (exact) mass is 364 g/mol. The molecule has 1 atom stereocenters. The maximum Gasteiger partial charge on any atom is 0.412 e. The van der Waals surface area contributed by atoms with Crippen LogP contribution in [0.15, 0.2) is 24.3 Å². The first-order valence-corrected chi connectivity index (χ1v) is 9.63. The van der Waals surface area contributed by atoms with Crippen LogP contribution in [0.5, 0.6) is 5.75 Å². The molecule has 1 aliphatic heterocycles. The van der Waals surface area contributed by atoms with E-state index in [1.807, 2.05) is 24.3 Å². The first-order chi connectivity index (χ1) is 12.7. The van der Waals surface area contributed by atoms with Crippen LogP contribution in [0.4, 0.5) is 10.5 Å². The van der Waals surface area contributed by atoms with Crippen LogP contribution < -0.4 is 10.1 Å². The lowest BCUT2D eigenvalue weighted by atomic mass is 10.1. The lowest BCUT2D eigenvalue weighted by Gasteiger charge is -2.30. The Hall–Kier alpha value is -1.79. The van der Waals surface area contributed by atoms with Gasteiger partial charge in [0.2, 0.25) is 0 Å². The Morgan fingerprint density at radius 1 is 1.23 bits per heavy atom. The summed E-state index contributed by atoms with van der Waals surface area (Å²) in [4.78, 5) is 14.7. The zero-order valence-electron chi connectivity index (χ0n) is 16.0. The highest BCUT2D eigenvalue weighted by atomic mass is 16.6. The number of likely N-dealkylation sites (tertiary alicyclic amines) is 1. The van der Waals surface area contributed by atoms with Gasteiger partial charge in [0, 0.05) is 13.7 Å². The van der Waals surface area contributed by atoms with Crippen molar-refractivity contribution in [2.75, 3.05) is 45.3 Å². The van der Waals surface area contributed by atoms with E-state index in [0.717, 1.165) is 25.9 Å². The van der Waals surface area contributed by atoms with Gasteiger partial charge >= 0.3 is 6.09 Å². The lowest BCUT2D eigenvalue weighted by molar-refractivity contribution is 0.0210. The molecule has 1 saturated heterocycles. The van der Waals surface area contributed by atoms with Crippen molar-refractivity contribution in [3.05, 3.63) is 24.3 Å². The molecule has 0 saturated carbocycles. The number of nitrogens with one attached hydrogen (secondary N) is 1. The van der Waals surface area contributed by atoms with E-state index in [1.54, 1.807) is 7.11 Å². The van der Waals surface area contributed by atoms with E-state index in [2.05, 4.69) is 17.1 Å². The topological polar surface area (TPSA) is 60.0 Å². The van der Waals surface area contributed by atoms with Gasteiger partial charge in [0.15, 0.2) is 0 Å². The Bertz CT molecular complexity index is 532. The summed E-state index contributed by atoms with van der Waals surface area (Å²) in [5, 5.41) is 2.80. The molecule has 146 valence electrons. The predicted molar refractivity (Wildman–Crippen MR) is 103 cm³/mol. The standard InChI is InChI=1S/C20H32N2O4/c1-3-4-14-25-19-11-7-6-10-18(19)21-20(23)26-17(16-24-2)15-22-12-8-5-9-13-22/h6-7,10-11,17H,3-5,8-9,12-16H2,1-2H3,(H,21,23). The van der Waals surface area contributed by atoms with E-state index in [1.165, 1.54) is 19.3 Å². The summed E-state index contributed by atoms with van der Waals surface area (Å²) < 4.78 is 16.6. The Morgan fingerprint density at radius 2 is 2.00 bits per heavy atom. The Labute approximate surface area is 156 Å². The average Bonchev–Trinajstić information content (AvgIpc) is 2.64. The van der Waals surface area contributed by atoms with Crippen molar-refractivity contribution in [2.24, 2.45) is 0 Å². The minimum atomic E-state index is -0.476. The summed E-state index contributed by atoms with van der Waals surface area (Å²) in [6.45, 7) is 5.95. The van der Waals surface area contributed by atoms with Crippen molar-refractivity contribution in [2.45, 2.75) is 45.1 Å². The number of hydrogen-bond acceptors (Lipinski definition) is 5. The molecule has 0 aromatic heterocycles. The molecule has 1 heterocycles. The van der Waals surface area contributed by atoms with Crippen molar-refractivity contribution in [3.63, 3.8) is 0 Å². The quantitative estimate of drug-likeness (QED) is 0.638. The Kier molecular flexibility index (Phi) is 9.28. The fraction of sp³-hybridized carbons (Fsp3) is 0.650. The molecule has 1 fully saturated rings. The molecule has 1 unspecified atom stereocenters. The van der Waals surface area contributed by atoms with E-state index in [-0.39, 0.29) is 6.10 Å². The number of nitrogens with zero attached hydrogens (tertiary/aromatic N) is 1. The first kappa shape index (κ1) is 20.5. The van der Waals surface area contributed by atoms with Gasteiger partial charge < -0.3 is 14.2 Å². The number of para-hydroxylation sites is 2. The molecule has 2 rings (SSSR count). The minimum Gasteiger partial charge on any atom is -0.491 e. The van der Waals surface area contributed by atoms with E-state index < -0.39 is 6.09 Å². The molecule has 1 aromatic rings. The van der Waals surface area contributed by atoms with Crippen LogP contribution in [0.3, 0.4) is 0 Å². The van der Waals surface area contributed by atoms with Crippen LogP contribution in [-0.2, 0) is 9.47 Å². The highest BCUT2D eigenvalue weighted by molar-refractivity contribution is 5.86. The number of benzene rings is 1. The van der Waals surface area contributed by atoms with Crippen molar-refractivity contribution in [1.29, 1.82) is 0 Å². The van der Waals surface area contributed by atoms with Gasteiger partial charge in [0.25, 0.3) is 0 Å². The van der Waals surface area contributed by atoms with Gasteiger partial charge in [-0.15, -0.1) is 0 Å². The fourth-order valence-corrected chi connectivity index (χ4v) is 3.05. The van der Waals surface area contributed by atoms with Gasteiger partial charge in [0.1, 0.15) is 11.9 Å². The molecular weight excluding hydrogens is 332 g/mol. The SMILES string of the molecule is CCCCOc1ccccc1NC(=O)OC(COC)CN1CCCCC1. The molecule has 0 aliphatic carbocycles. The first-order valence-electron chi connectivity index (χ1n) is 9.63. The number of hydrogen-bond donors (Lipinski definition) is 1. The van der Waals surface area contributed by atoms with Crippen LogP contribution >= 0.6 is 0 Å². The number of piperidine rings is 1. The number of amides is 1. The molecule has 6 heteroatoms. The largest absolute Gasteiger partial charge is 0.491 e. The smallest absolute Gasteiger partial charge is 0.412 e. The summed E-state index contributed by atoms with van der Waals surface area (Å²) in [6, 6.07) is 7.43. The summed E-state index contributed by atoms with van der Waals surface area (Å²) >= 11 is 0. The van der Waals surface area contributed by atoms with E-state index >= 15 is 0 Å². The second-order valence-electron chi connectivity index (χ2n) is 6.67. The number of carbonyl (C=O) groups is 1. The second kappa shape index (κ2) is 11.8. The van der Waals surface area contributed by atoms with Gasteiger partial charge in [0.05, 0.1) is 18.9 Å². The molecule has 1 N–H and O–H groups in total. The van der Waals surface area contributed by atoms with Crippen LogP contribution in [0.2, 0.25) is 0 Å². The zero-order valence-corrected chi connectivity index (χ0v) is 16.0. The maximum absolute atomic E-state index is 12.4. The highest BCUT2D eigenvalue weighted by Crippen LogP contribution is 2.24. The number of methoxy groups -OCH3 is 1. The van der Waals surface area contributed by atoms with Crippen molar-refractivity contribution in [1.82, 2.24) is 4.90 Å². The van der Waals surface area contributed by atoms with Gasteiger partial charge in [-0.05, 0) is 44.5 Å². The van der Waals surface area contributed by atoms with Crippen molar-refractivity contribution < 1.29 is 19.0 Å². The van der Waals surface area contributed by atoms with Crippen LogP contribution in [0.25, 0.3) is 0 Å². The normalized spacial score (nSPS) is 16.1. The Morgan fingerprint density at radius 3 is 2.73 bits per heavy atom. The molecule has 6 nitrogen and oxygen atoms in total. The predicted octanol–water partition coefficient (Wildman–Crippen LogP) is 3.91.